The first kappa shape index (κ1) is 23.8. The maximum Gasteiger partial charge on any atom is 0.305 e. The SMILES string of the molecule is COC(=O)CCCN1C(=S)N[C@@H](c2ccccn2)[C@@H]1c1cc(C)n(-c2cccc(OC)c2)c1C. The number of benzene rings is 1. The Balaban J connectivity index is 1.75. The third-order valence-electron chi connectivity index (χ3n) is 6.31. The van der Waals surface area contributed by atoms with E-state index in [0.29, 0.717) is 24.5 Å². The summed E-state index contributed by atoms with van der Waals surface area (Å²) in [5, 5.41) is 4.15. The highest BCUT2D eigenvalue weighted by Crippen LogP contribution is 2.41. The summed E-state index contributed by atoms with van der Waals surface area (Å²) in [6, 6.07) is 16.0. The van der Waals surface area contributed by atoms with Crippen LogP contribution in [-0.4, -0.2) is 46.3 Å². The van der Waals surface area contributed by atoms with Crippen LogP contribution in [0.3, 0.4) is 0 Å². The number of nitrogens with one attached hydrogen (secondary N) is 1. The normalized spacial score (nSPS) is 17.5. The third-order valence-corrected chi connectivity index (χ3v) is 6.66. The Labute approximate surface area is 205 Å². The van der Waals surface area contributed by atoms with E-state index >= 15 is 0 Å². The molecule has 0 spiro atoms. The van der Waals surface area contributed by atoms with Crippen LogP contribution in [0, 0.1) is 13.8 Å². The van der Waals surface area contributed by atoms with Crippen molar-refractivity contribution in [3.05, 3.63) is 77.4 Å². The molecule has 3 heterocycles. The number of ether oxygens (including phenoxy) is 2. The first-order valence-corrected chi connectivity index (χ1v) is 11.7. The summed E-state index contributed by atoms with van der Waals surface area (Å²) in [6.45, 7) is 4.87. The van der Waals surface area contributed by atoms with Gasteiger partial charge in [0.15, 0.2) is 5.11 Å². The maximum atomic E-state index is 11.7. The van der Waals surface area contributed by atoms with Crippen molar-refractivity contribution in [1.29, 1.82) is 0 Å². The lowest BCUT2D eigenvalue weighted by Gasteiger charge is -2.28. The first-order valence-electron chi connectivity index (χ1n) is 11.3. The predicted molar refractivity (Wildman–Crippen MR) is 135 cm³/mol. The molecule has 0 amide bonds. The number of thiocarbonyl (C=S) groups is 1. The number of carbonyl (C=O) groups is 1. The van der Waals surface area contributed by atoms with Crippen molar-refractivity contribution < 1.29 is 14.3 Å². The fourth-order valence-electron chi connectivity index (χ4n) is 4.71. The van der Waals surface area contributed by atoms with Crippen molar-refractivity contribution in [2.45, 2.75) is 38.8 Å². The lowest BCUT2D eigenvalue weighted by Crippen LogP contribution is -2.31. The second kappa shape index (κ2) is 10.3. The molecule has 4 rings (SSSR count). The summed E-state index contributed by atoms with van der Waals surface area (Å²) in [5.41, 5.74) is 5.38. The van der Waals surface area contributed by atoms with Crippen LogP contribution in [0.1, 0.15) is 47.6 Å². The summed E-state index contributed by atoms with van der Waals surface area (Å²) in [6.07, 6.45) is 2.80. The van der Waals surface area contributed by atoms with Crippen LogP contribution < -0.4 is 10.1 Å². The molecule has 0 aliphatic carbocycles. The van der Waals surface area contributed by atoms with Crippen LogP contribution in [0.2, 0.25) is 0 Å². The highest BCUT2D eigenvalue weighted by Gasteiger charge is 2.41. The van der Waals surface area contributed by atoms with Gasteiger partial charge in [0.25, 0.3) is 0 Å². The van der Waals surface area contributed by atoms with Crippen molar-refractivity contribution in [1.82, 2.24) is 19.8 Å². The molecule has 1 aliphatic rings. The number of hydrogen-bond donors (Lipinski definition) is 1. The monoisotopic (exact) mass is 478 g/mol. The van der Waals surface area contributed by atoms with Crippen molar-refractivity contribution in [3.63, 3.8) is 0 Å². The average molecular weight is 479 g/mol. The minimum atomic E-state index is -0.216. The van der Waals surface area contributed by atoms with Crippen LogP contribution in [0.25, 0.3) is 5.69 Å². The molecule has 178 valence electrons. The van der Waals surface area contributed by atoms with E-state index in [1.54, 1.807) is 13.3 Å². The van der Waals surface area contributed by atoms with Gasteiger partial charge in [0.1, 0.15) is 5.75 Å². The zero-order chi connectivity index (χ0) is 24.2. The zero-order valence-corrected chi connectivity index (χ0v) is 20.8. The van der Waals surface area contributed by atoms with Crippen molar-refractivity contribution in [3.8, 4) is 11.4 Å². The third kappa shape index (κ3) is 4.63. The highest BCUT2D eigenvalue weighted by molar-refractivity contribution is 7.80. The number of esters is 1. The van der Waals surface area contributed by atoms with Gasteiger partial charge < -0.3 is 24.3 Å². The van der Waals surface area contributed by atoms with E-state index in [0.717, 1.165) is 28.5 Å². The molecule has 2 aromatic heterocycles. The molecule has 7 nitrogen and oxygen atoms in total. The number of pyridine rings is 1. The molecule has 1 saturated heterocycles. The molecule has 0 saturated carbocycles. The van der Waals surface area contributed by atoms with E-state index in [1.807, 2.05) is 36.4 Å². The van der Waals surface area contributed by atoms with Crippen molar-refractivity contribution in [2.24, 2.45) is 0 Å². The molecule has 1 aromatic carbocycles. The lowest BCUT2D eigenvalue weighted by molar-refractivity contribution is -0.140. The van der Waals surface area contributed by atoms with E-state index in [1.165, 1.54) is 12.7 Å². The van der Waals surface area contributed by atoms with Gasteiger partial charge in [0.2, 0.25) is 0 Å². The molecule has 0 bridgehead atoms. The predicted octanol–water partition coefficient (Wildman–Crippen LogP) is 4.42. The summed E-state index contributed by atoms with van der Waals surface area (Å²) in [5.74, 6) is 0.596. The summed E-state index contributed by atoms with van der Waals surface area (Å²) >= 11 is 5.76. The van der Waals surface area contributed by atoms with E-state index in [9.17, 15) is 4.79 Å². The Morgan fingerprint density at radius 1 is 1.15 bits per heavy atom. The van der Waals surface area contributed by atoms with Crippen molar-refractivity contribution >= 4 is 23.3 Å². The summed E-state index contributed by atoms with van der Waals surface area (Å²) < 4.78 is 12.5. The van der Waals surface area contributed by atoms with Crippen LogP contribution in [0.15, 0.2) is 54.7 Å². The minimum absolute atomic E-state index is 0.0643. The van der Waals surface area contributed by atoms with Gasteiger partial charge in [0.05, 0.1) is 32.0 Å². The van der Waals surface area contributed by atoms with E-state index in [2.05, 4.69) is 45.7 Å². The van der Waals surface area contributed by atoms with Crippen LogP contribution in [0.5, 0.6) is 5.75 Å². The highest BCUT2D eigenvalue weighted by atomic mass is 32.1. The number of nitrogens with zero attached hydrogens (tertiary/aromatic N) is 3. The van der Waals surface area contributed by atoms with Gasteiger partial charge in [-0.25, -0.2) is 0 Å². The topological polar surface area (TPSA) is 68.6 Å². The number of aromatic nitrogens is 2. The number of aryl methyl sites for hydroxylation is 1. The zero-order valence-electron chi connectivity index (χ0n) is 19.9. The van der Waals surface area contributed by atoms with Gasteiger partial charge in [-0.05, 0) is 68.4 Å². The van der Waals surface area contributed by atoms with Gasteiger partial charge in [-0.3, -0.25) is 9.78 Å². The average Bonchev–Trinajstić information content (AvgIpc) is 3.34. The fraction of sp³-hybridized carbons (Fsp3) is 0.346. The maximum absolute atomic E-state index is 11.7. The molecular formula is C26H30N4O3S. The minimum Gasteiger partial charge on any atom is -0.497 e. The van der Waals surface area contributed by atoms with Gasteiger partial charge in [-0.15, -0.1) is 0 Å². The second-order valence-corrected chi connectivity index (χ2v) is 8.75. The second-order valence-electron chi connectivity index (χ2n) is 8.36. The molecule has 0 unspecified atom stereocenters. The van der Waals surface area contributed by atoms with Gasteiger partial charge in [0, 0.05) is 42.3 Å². The quantitative estimate of drug-likeness (QED) is 0.380. The number of methoxy groups -OCH3 is 2. The molecule has 1 aliphatic heterocycles. The van der Waals surface area contributed by atoms with Crippen LogP contribution in [0.4, 0.5) is 0 Å². The number of hydrogen-bond acceptors (Lipinski definition) is 5. The molecule has 3 aromatic rings. The number of rotatable bonds is 8. The van der Waals surface area contributed by atoms with Crippen LogP contribution >= 0.6 is 12.2 Å². The molecule has 34 heavy (non-hydrogen) atoms. The van der Waals surface area contributed by atoms with Crippen molar-refractivity contribution in [2.75, 3.05) is 20.8 Å². The molecule has 2 atom stereocenters. The fourth-order valence-corrected chi connectivity index (χ4v) is 5.05. The Morgan fingerprint density at radius 3 is 2.68 bits per heavy atom. The van der Waals surface area contributed by atoms with E-state index in [-0.39, 0.29) is 18.1 Å². The summed E-state index contributed by atoms with van der Waals surface area (Å²) in [4.78, 5) is 18.5. The van der Waals surface area contributed by atoms with E-state index < -0.39 is 0 Å². The smallest absolute Gasteiger partial charge is 0.305 e. The molecule has 8 heteroatoms. The molecule has 1 N–H and O–H groups in total. The van der Waals surface area contributed by atoms with Gasteiger partial charge in [-0.1, -0.05) is 12.1 Å². The van der Waals surface area contributed by atoms with Crippen LogP contribution in [-0.2, 0) is 9.53 Å². The number of carbonyl (C=O) groups excluding carboxylic acids is 1. The Bertz CT molecular complexity index is 1180. The first-order chi connectivity index (χ1) is 16.4. The molecule has 1 fully saturated rings. The summed E-state index contributed by atoms with van der Waals surface area (Å²) in [7, 11) is 3.09. The lowest BCUT2D eigenvalue weighted by atomic mass is 9.96. The molecular weight excluding hydrogens is 448 g/mol. The Hall–Kier alpha value is -3.39. The Kier molecular flexibility index (Phi) is 7.17. The standard InChI is InChI=1S/C26H30N4O3S/c1-17-15-21(18(2)30(17)19-9-7-10-20(16-19)32-3)25-24(22-11-5-6-13-27-22)28-26(34)29(25)14-8-12-23(31)33-4/h5-7,9-11,13,15-16,24-25H,8,12,14H2,1-4H3,(H,28,34)/t24-,25-/m0/s1. The Morgan fingerprint density at radius 2 is 1.97 bits per heavy atom. The molecule has 0 radical (unpaired) electrons. The van der Waals surface area contributed by atoms with Gasteiger partial charge >= 0.3 is 5.97 Å². The van der Waals surface area contributed by atoms with Gasteiger partial charge in [-0.2, -0.15) is 0 Å². The largest absolute Gasteiger partial charge is 0.497 e. The van der Waals surface area contributed by atoms with E-state index in [4.69, 9.17) is 21.7 Å².